The molecule has 0 unspecified atom stereocenters. The molecule has 0 spiro atoms. The van der Waals surface area contributed by atoms with Gasteiger partial charge in [-0.1, -0.05) is 37.3 Å². The molecule has 0 aromatic heterocycles. The van der Waals surface area contributed by atoms with Crippen LogP contribution in [0, 0.1) is 0 Å². The van der Waals surface area contributed by atoms with Crippen molar-refractivity contribution in [3.8, 4) is 11.1 Å². The van der Waals surface area contributed by atoms with Crippen molar-refractivity contribution in [2.45, 2.75) is 19.8 Å². The number of amides is 2. The third kappa shape index (κ3) is 3.22. The number of aliphatic hydroxyl groups is 1. The molecule has 2 aromatic rings. The molecule has 1 aliphatic carbocycles. The highest BCUT2D eigenvalue weighted by Gasteiger charge is 2.19. The minimum absolute atomic E-state index is 0.0209. The molecule has 23 heavy (non-hydrogen) atoms. The van der Waals surface area contributed by atoms with Crippen molar-refractivity contribution >= 4 is 11.7 Å². The van der Waals surface area contributed by atoms with Crippen LogP contribution in [0.15, 0.2) is 42.5 Å². The van der Waals surface area contributed by atoms with Gasteiger partial charge in [-0.3, -0.25) is 0 Å². The first-order valence-corrected chi connectivity index (χ1v) is 8.11. The highest BCUT2D eigenvalue weighted by molar-refractivity contribution is 5.90. The van der Waals surface area contributed by atoms with Crippen molar-refractivity contribution in [1.29, 1.82) is 0 Å². The molecule has 120 valence electrons. The lowest BCUT2D eigenvalue weighted by Crippen LogP contribution is -2.37. The lowest BCUT2D eigenvalue weighted by atomic mass is 10.1. The minimum Gasteiger partial charge on any atom is -0.395 e. The summed E-state index contributed by atoms with van der Waals surface area (Å²) in [4.78, 5) is 14.0. The van der Waals surface area contributed by atoms with E-state index in [0.717, 1.165) is 18.5 Å². The van der Waals surface area contributed by atoms with Crippen LogP contribution in [0.25, 0.3) is 11.1 Å². The van der Waals surface area contributed by atoms with Crippen molar-refractivity contribution in [1.82, 2.24) is 4.90 Å². The Morgan fingerprint density at radius 2 is 1.91 bits per heavy atom. The molecule has 0 saturated heterocycles. The Morgan fingerprint density at radius 3 is 2.70 bits per heavy atom. The third-order valence-electron chi connectivity index (χ3n) is 4.20. The molecule has 2 amide bonds. The average Bonchev–Trinajstić information content (AvgIpc) is 2.92. The molecule has 0 saturated carbocycles. The summed E-state index contributed by atoms with van der Waals surface area (Å²) in [5.74, 6) is 0. The summed E-state index contributed by atoms with van der Waals surface area (Å²) < 4.78 is 0. The van der Waals surface area contributed by atoms with Gasteiger partial charge in [0.1, 0.15) is 0 Å². The van der Waals surface area contributed by atoms with Gasteiger partial charge in [0, 0.05) is 18.8 Å². The van der Waals surface area contributed by atoms with E-state index in [9.17, 15) is 4.79 Å². The van der Waals surface area contributed by atoms with E-state index in [1.54, 1.807) is 4.90 Å². The predicted molar refractivity (Wildman–Crippen MR) is 92.7 cm³/mol. The first-order chi connectivity index (χ1) is 11.2. The number of nitrogens with zero attached hydrogens (tertiary/aromatic N) is 1. The fraction of sp³-hybridized carbons (Fsp3) is 0.316. The van der Waals surface area contributed by atoms with E-state index < -0.39 is 0 Å². The highest BCUT2D eigenvalue weighted by Crippen LogP contribution is 2.37. The average molecular weight is 310 g/mol. The van der Waals surface area contributed by atoms with E-state index in [-0.39, 0.29) is 12.6 Å². The Labute approximate surface area is 136 Å². The maximum Gasteiger partial charge on any atom is 0.321 e. The standard InChI is InChI=1S/C19H22N2O2/c1-2-9-21(10-11-22)19(23)20-16-7-8-18-15(13-16)12-14-5-3-4-6-17(14)18/h3-8,13,22H,2,9-12H2,1H3,(H,20,23). The fourth-order valence-corrected chi connectivity index (χ4v) is 3.13. The van der Waals surface area contributed by atoms with Crippen LogP contribution in [0.3, 0.4) is 0 Å². The van der Waals surface area contributed by atoms with Gasteiger partial charge in [0.15, 0.2) is 0 Å². The normalized spacial score (nSPS) is 11.7. The molecule has 0 atom stereocenters. The number of anilines is 1. The zero-order valence-electron chi connectivity index (χ0n) is 13.4. The lowest BCUT2D eigenvalue weighted by Gasteiger charge is -2.21. The topological polar surface area (TPSA) is 52.6 Å². The van der Waals surface area contributed by atoms with E-state index >= 15 is 0 Å². The van der Waals surface area contributed by atoms with Crippen molar-refractivity contribution < 1.29 is 9.90 Å². The van der Waals surface area contributed by atoms with Gasteiger partial charge >= 0.3 is 6.03 Å². The number of nitrogens with one attached hydrogen (secondary N) is 1. The van der Waals surface area contributed by atoms with E-state index in [1.165, 1.54) is 22.3 Å². The minimum atomic E-state index is -0.156. The Kier molecular flexibility index (Phi) is 4.63. The summed E-state index contributed by atoms with van der Waals surface area (Å²) in [7, 11) is 0. The van der Waals surface area contributed by atoms with Crippen LogP contribution in [0.1, 0.15) is 24.5 Å². The van der Waals surface area contributed by atoms with Gasteiger partial charge < -0.3 is 15.3 Å². The summed E-state index contributed by atoms with van der Waals surface area (Å²) in [6.07, 6.45) is 1.78. The molecular formula is C19H22N2O2. The summed E-state index contributed by atoms with van der Waals surface area (Å²) in [5.41, 5.74) is 5.92. The van der Waals surface area contributed by atoms with Crippen molar-refractivity contribution in [2.75, 3.05) is 25.0 Å². The molecule has 0 fully saturated rings. The van der Waals surface area contributed by atoms with Crippen molar-refractivity contribution in [3.63, 3.8) is 0 Å². The monoisotopic (exact) mass is 310 g/mol. The van der Waals surface area contributed by atoms with Crippen LogP contribution in [0.5, 0.6) is 0 Å². The second-order valence-electron chi connectivity index (χ2n) is 5.85. The summed E-state index contributed by atoms with van der Waals surface area (Å²) in [6.45, 7) is 3.00. The Morgan fingerprint density at radius 1 is 1.13 bits per heavy atom. The second kappa shape index (κ2) is 6.84. The molecule has 0 heterocycles. The van der Waals surface area contributed by atoms with Gasteiger partial charge in [-0.15, -0.1) is 0 Å². The number of benzene rings is 2. The van der Waals surface area contributed by atoms with Gasteiger partial charge in [0.25, 0.3) is 0 Å². The molecule has 4 nitrogen and oxygen atoms in total. The summed E-state index contributed by atoms with van der Waals surface area (Å²) in [6, 6.07) is 14.3. The first-order valence-electron chi connectivity index (χ1n) is 8.11. The van der Waals surface area contributed by atoms with Gasteiger partial charge in [-0.05, 0) is 47.2 Å². The van der Waals surface area contributed by atoms with Crippen LogP contribution < -0.4 is 5.32 Å². The molecule has 2 N–H and O–H groups in total. The Balaban J connectivity index is 1.76. The first kappa shape index (κ1) is 15.6. The Bertz CT molecular complexity index is 706. The number of urea groups is 1. The zero-order valence-corrected chi connectivity index (χ0v) is 13.4. The number of carbonyl (C=O) groups excluding carboxylic acids is 1. The number of rotatable bonds is 5. The molecule has 1 aliphatic rings. The van der Waals surface area contributed by atoms with Crippen LogP contribution in [-0.2, 0) is 6.42 Å². The van der Waals surface area contributed by atoms with Crippen LogP contribution in [0.2, 0.25) is 0 Å². The summed E-state index contributed by atoms with van der Waals surface area (Å²) >= 11 is 0. The number of fused-ring (bicyclic) bond motifs is 3. The fourth-order valence-electron chi connectivity index (χ4n) is 3.13. The predicted octanol–water partition coefficient (Wildman–Crippen LogP) is 3.49. The van der Waals surface area contributed by atoms with Gasteiger partial charge in [-0.25, -0.2) is 4.79 Å². The molecule has 0 aliphatic heterocycles. The third-order valence-corrected chi connectivity index (χ3v) is 4.20. The van der Waals surface area contributed by atoms with Crippen LogP contribution in [0.4, 0.5) is 10.5 Å². The molecule has 2 aromatic carbocycles. The number of hydrogen-bond donors (Lipinski definition) is 2. The zero-order chi connectivity index (χ0) is 16.2. The Hall–Kier alpha value is -2.33. The van der Waals surface area contributed by atoms with E-state index in [4.69, 9.17) is 5.11 Å². The van der Waals surface area contributed by atoms with Gasteiger partial charge in [-0.2, -0.15) is 0 Å². The smallest absolute Gasteiger partial charge is 0.321 e. The number of carbonyl (C=O) groups is 1. The lowest BCUT2D eigenvalue weighted by molar-refractivity contribution is 0.188. The molecule has 0 radical (unpaired) electrons. The largest absolute Gasteiger partial charge is 0.395 e. The summed E-state index contributed by atoms with van der Waals surface area (Å²) in [5, 5.41) is 12.0. The van der Waals surface area contributed by atoms with Crippen LogP contribution >= 0.6 is 0 Å². The second-order valence-corrected chi connectivity index (χ2v) is 5.85. The highest BCUT2D eigenvalue weighted by atomic mass is 16.3. The van der Waals surface area contributed by atoms with E-state index in [1.807, 2.05) is 13.0 Å². The molecule has 0 bridgehead atoms. The SMILES string of the molecule is CCCN(CCO)C(=O)Nc1ccc2c(c1)Cc1ccccc1-2. The molecule has 4 heteroatoms. The molecular weight excluding hydrogens is 288 g/mol. The van der Waals surface area contributed by atoms with Gasteiger partial charge in [0.05, 0.1) is 6.61 Å². The van der Waals surface area contributed by atoms with Crippen molar-refractivity contribution in [2.24, 2.45) is 0 Å². The van der Waals surface area contributed by atoms with Gasteiger partial charge in [0.2, 0.25) is 0 Å². The van der Waals surface area contributed by atoms with E-state index in [0.29, 0.717) is 13.1 Å². The van der Waals surface area contributed by atoms with Crippen LogP contribution in [-0.4, -0.2) is 35.7 Å². The number of hydrogen-bond acceptors (Lipinski definition) is 2. The maximum absolute atomic E-state index is 12.3. The maximum atomic E-state index is 12.3. The van der Waals surface area contributed by atoms with Crippen molar-refractivity contribution in [3.05, 3.63) is 53.6 Å². The quantitative estimate of drug-likeness (QED) is 0.758. The number of aliphatic hydroxyl groups excluding tert-OH is 1. The van der Waals surface area contributed by atoms with E-state index in [2.05, 4.69) is 41.7 Å². The molecule has 3 rings (SSSR count).